The molecule has 0 aromatic rings. The Morgan fingerprint density at radius 1 is 1.17 bits per heavy atom. The average molecular weight is 252 g/mol. The molecule has 1 saturated carbocycles. The van der Waals surface area contributed by atoms with Crippen LogP contribution in [0.4, 0.5) is 0 Å². The van der Waals surface area contributed by atoms with Crippen molar-refractivity contribution in [3.05, 3.63) is 0 Å². The minimum Gasteiger partial charge on any atom is -0.309 e. The van der Waals surface area contributed by atoms with E-state index in [1.807, 2.05) is 0 Å². The molecular formula is C16H32N2. The first-order valence-corrected chi connectivity index (χ1v) is 8.14. The molecule has 1 heterocycles. The molecule has 106 valence electrons. The van der Waals surface area contributed by atoms with E-state index in [0.717, 1.165) is 17.9 Å². The molecule has 3 unspecified atom stereocenters. The maximum atomic E-state index is 3.78. The zero-order valence-electron chi connectivity index (χ0n) is 12.8. The summed E-state index contributed by atoms with van der Waals surface area (Å²) in [7, 11) is 0. The third-order valence-electron chi connectivity index (χ3n) is 5.94. The van der Waals surface area contributed by atoms with Gasteiger partial charge in [-0.2, -0.15) is 0 Å². The van der Waals surface area contributed by atoms with Crippen molar-refractivity contribution in [2.24, 2.45) is 11.8 Å². The lowest BCUT2D eigenvalue weighted by molar-refractivity contribution is 0.0672. The van der Waals surface area contributed by atoms with Crippen molar-refractivity contribution in [1.29, 1.82) is 0 Å². The Morgan fingerprint density at radius 3 is 2.44 bits per heavy atom. The second-order valence-electron chi connectivity index (χ2n) is 6.56. The van der Waals surface area contributed by atoms with Gasteiger partial charge < -0.3 is 5.32 Å². The van der Waals surface area contributed by atoms with Crippen LogP contribution in [0.5, 0.6) is 0 Å². The van der Waals surface area contributed by atoms with Gasteiger partial charge in [-0.05, 0) is 37.5 Å². The van der Waals surface area contributed by atoms with Crippen molar-refractivity contribution < 1.29 is 0 Å². The molecule has 2 aliphatic rings. The standard InChI is InChI=1S/C16H32N2/c1-5-14-8-9-15(13(14)4)18-11-10-17-16(6-2,7-3)12-18/h13-15,17H,5-12H2,1-4H3. The number of hydrogen-bond donors (Lipinski definition) is 1. The molecule has 2 nitrogen and oxygen atoms in total. The van der Waals surface area contributed by atoms with Crippen molar-refractivity contribution in [3.8, 4) is 0 Å². The molecule has 1 aliphatic heterocycles. The van der Waals surface area contributed by atoms with Crippen LogP contribution in [0.2, 0.25) is 0 Å². The third kappa shape index (κ3) is 2.60. The summed E-state index contributed by atoms with van der Waals surface area (Å²) >= 11 is 0. The van der Waals surface area contributed by atoms with E-state index in [2.05, 4.69) is 37.9 Å². The predicted molar refractivity (Wildman–Crippen MR) is 78.9 cm³/mol. The van der Waals surface area contributed by atoms with Crippen LogP contribution >= 0.6 is 0 Å². The first-order valence-electron chi connectivity index (χ1n) is 8.14. The Morgan fingerprint density at radius 2 is 1.89 bits per heavy atom. The Balaban J connectivity index is 2.01. The molecule has 1 N–H and O–H groups in total. The Kier molecular flexibility index (Phi) is 4.71. The van der Waals surface area contributed by atoms with E-state index in [0.29, 0.717) is 5.54 Å². The van der Waals surface area contributed by atoms with Crippen molar-refractivity contribution in [1.82, 2.24) is 10.2 Å². The highest BCUT2D eigenvalue weighted by Crippen LogP contribution is 2.38. The van der Waals surface area contributed by atoms with Gasteiger partial charge in [-0.15, -0.1) is 0 Å². The van der Waals surface area contributed by atoms with E-state index in [-0.39, 0.29) is 0 Å². The molecule has 3 atom stereocenters. The zero-order valence-corrected chi connectivity index (χ0v) is 12.8. The minimum absolute atomic E-state index is 0.391. The number of nitrogens with one attached hydrogen (secondary N) is 1. The van der Waals surface area contributed by atoms with Crippen molar-refractivity contribution in [2.45, 2.75) is 71.4 Å². The van der Waals surface area contributed by atoms with Crippen LogP contribution in [-0.4, -0.2) is 36.1 Å². The second kappa shape index (κ2) is 5.92. The summed E-state index contributed by atoms with van der Waals surface area (Å²) in [5.41, 5.74) is 0.391. The molecule has 0 radical (unpaired) electrons. The highest BCUT2D eigenvalue weighted by Gasteiger charge is 2.40. The van der Waals surface area contributed by atoms with E-state index in [4.69, 9.17) is 0 Å². The normalized spacial score (nSPS) is 37.0. The van der Waals surface area contributed by atoms with Crippen LogP contribution in [0.1, 0.15) is 59.8 Å². The molecule has 0 amide bonds. The Labute approximate surface area is 114 Å². The number of piperazine rings is 1. The maximum absolute atomic E-state index is 3.78. The predicted octanol–water partition coefficient (Wildman–Crippen LogP) is 3.28. The van der Waals surface area contributed by atoms with Crippen LogP contribution in [0.25, 0.3) is 0 Å². The highest BCUT2D eigenvalue weighted by atomic mass is 15.2. The second-order valence-corrected chi connectivity index (χ2v) is 6.56. The maximum Gasteiger partial charge on any atom is 0.0304 e. The topological polar surface area (TPSA) is 15.3 Å². The van der Waals surface area contributed by atoms with E-state index < -0.39 is 0 Å². The number of rotatable bonds is 4. The van der Waals surface area contributed by atoms with Crippen LogP contribution in [0, 0.1) is 11.8 Å². The highest BCUT2D eigenvalue weighted by molar-refractivity contribution is 4.97. The van der Waals surface area contributed by atoms with Crippen LogP contribution in [0.15, 0.2) is 0 Å². The summed E-state index contributed by atoms with van der Waals surface area (Å²) in [4.78, 5) is 2.81. The fourth-order valence-corrected chi connectivity index (χ4v) is 4.31. The minimum atomic E-state index is 0.391. The lowest BCUT2D eigenvalue weighted by Gasteiger charge is -2.46. The average Bonchev–Trinajstić information content (AvgIpc) is 2.80. The molecule has 0 aromatic heterocycles. The largest absolute Gasteiger partial charge is 0.309 e. The molecule has 1 aliphatic carbocycles. The fraction of sp³-hybridized carbons (Fsp3) is 1.00. The first kappa shape index (κ1) is 14.3. The monoisotopic (exact) mass is 252 g/mol. The quantitative estimate of drug-likeness (QED) is 0.826. The molecule has 2 rings (SSSR count). The van der Waals surface area contributed by atoms with Gasteiger partial charge in [-0.1, -0.05) is 34.1 Å². The van der Waals surface area contributed by atoms with Gasteiger partial charge in [0.1, 0.15) is 0 Å². The molecule has 2 fully saturated rings. The molecule has 2 heteroatoms. The van der Waals surface area contributed by atoms with E-state index in [1.165, 1.54) is 51.7 Å². The van der Waals surface area contributed by atoms with Gasteiger partial charge in [0, 0.05) is 31.2 Å². The van der Waals surface area contributed by atoms with Crippen LogP contribution in [-0.2, 0) is 0 Å². The van der Waals surface area contributed by atoms with Crippen molar-refractivity contribution in [2.75, 3.05) is 19.6 Å². The van der Waals surface area contributed by atoms with Gasteiger partial charge in [0.05, 0.1) is 0 Å². The fourth-order valence-electron chi connectivity index (χ4n) is 4.31. The molecule has 0 spiro atoms. The molecule has 0 aromatic carbocycles. The summed E-state index contributed by atoms with van der Waals surface area (Å²) in [6, 6.07) is 0.856. The lowest BCUT2D eigenvalue weighted by Crippen LogP contribution is -2.62. The number of nitrogens with zero attached hydrogens (tertiary/aromatic N) is 1. The van der Waals surface area contributed by atoms with Crippen molar-refractivity contribution in [3.63, 3.8) is 0 Å². The van der Waals surface area contributed by atoms with Gasteiger partial charge in [0.15, 0.2) is 0 Å². The van der Waals surface area contributed by atoms with Crippen molar-refractivity contribution >= 4 is 0 Å². The van der Waals surface area contributed by atoms with Gasteiger partial charge in [-0.25, -0.2) is 0 Å². The van der Waals surface area contributed by atoms with Gasteiger partial charge in [0.25, 0.3) is 0 Å². The summed E-state index contributed by atoms with van der Waals surface area (Å²) < 4.78 is 0. The SMILES string of the molecule is CCC1CCC(N2CCNC(CC)(CC)C2)C1C. The van der Waals surface area contributed by atoms with Gasteiger partial charge >= 0.3 is 0 Å². The molecule has 1 saturated heterocycles. The third-order valence-corrected chi connectivity index (χ3v) is 5.94. The molecular weight excluding hydrogens is 220 g/mol. The van der Waals surface area contributed by atoms with Gasteiger partial charge in [0.2, 0.25) is 0 Å². The Bertz CT molecular complexity index is 260. The van der Waals surface area contributed by atoms with E-state index in [1.54, 1.807) is 0 Å². The summed E-state index contributed by atoms with van der Waals surface area (Å²) in [6.07, 6.45) is 6.79. The van der Waals surface area contributed by atoms with E-state index >= 15 is 0 Å². The lowest BCUT2D eigenvalue weighted by atomic mass is 9.87. The zero-order chi connectivity index (χ0) is 13.2. The van der Waals surface area contributed by atoms with Gasteiger partial charge in [-0.3, -0.25) is 4.90 Å². The van der Waals surface area contributed by atoms with Crippen LogP contribution < -0.4 is 5.32 Å². The van der Waals surface area contributed by atoms with Crippen LogP contribution in [0.3, 0.4) is 0 Å². The summed E-state index contributed by atoms with van der Waals surface area (Å²) in [5, 5.41) is 3.78. The first-order chi connectivity index (χ1) is 8.65. The number of hydrogen-bond acceptors (Lipinski definition) is 2. The molecule has 0 bridgehead atoms. The molecule has 18 heavy (non-hydrogen) atoms. The summed E-state index contributed by atoms with van der Waals surface area (Å²) in [6.45, 7) is 13.2. The smallest absolute Gasteiger partial charge is 0.0304 e. The summed E-state index contributed by atoms with van der Waals surface area (Å²) in [5.74, 6) is 1.88. The van der Waals surface area contributed by atoms with E-state index in [9.17, 15) is 0 Å². The Hall–Kier alpha value is -0.0800.